The predicted molar refractivity (Wildman–Crippen MR) is 58.2 cm³/mol. The number of nitrogens with zero attached hydrogens (tertiary/aromatic N) is 2. The van der Waals surface area contributed by atoms with Crippen LogP contribution in [0.5, 0.6) is 0 Å². The zero-order chi connectivity index (χ0) is 9.84. The first-order valence-electron chi connectivity index (χ1n) is 3.86. The van der Waals surface area contributed by atoms with Crippen molar-refractivity contribution < 1.29 is 4.79 Å². The molecule has 1 aromatic heterocycles. The van der Waals surface area contributed by atoms with Crippen LogP contribution in [0.4, 0.5) is 0 Å². The van der Waals surface area contributed by atoms with Gasteiger partial charge >= 0.3 is 0 Å². The third-order valence-corrected chi connectivity index (χ3v) is 2.88. The van der Waals surface area contributed by atoms with Gasteiger partial charge in [0.05, 0.1) is 10.7 Å². The molecule has 1 rings (SSSR count). The Morgan fingerprint density at radius 3 is 2.92 bits per heavy atom. The smallest absolute Gasteiger partial charge is 0.182 e. The van der Waals surface area contributed by atoms with E-state index in [0.29, 0.717) is 12.1 Å². The third-order valence-electron chi connectivity index (χ3n) is 1.69. The number of hydrogen-bond acceptors (Lipinski definition) is 3. The van der Waals surface area contributed by atoms with Gasteiger partial charge < -0.3 is 0 Å². The molecule has 0 saturated heterocycles. The van der Waals surface area contributed by atoms with Crippen molar-refractivity contribution in [2.45, 2.75) is 6.42 Å². The fourth-order valence-corrected chi connectivity index (χ4v) is 2.00. The fraction of sp³-hybridized carbons (Fsp3) is 0.500. The van der Waals surface area contributed by atoms with Gasteiger partial charge in [-0.2, -0.15) is 16.9 Å². The summed E-state index contributed by atoms with van der Waals surface area (Å²) in [6.45, 7) is 0. The molecular weight excluding hydrogens is 252 g/mol. The number of hydrogen-bond donors (Lipinski definition) is 0. The predicted octanol–water partition coefficient (Wildman–Crippen LogP) is 2.12. The van der Waals surface area contributed by atoms with E-state index in [0.717, 1.165) is 10.2 Å². The maximum Gasteiger partial charge on any atom is 0.182 e. The Balaban J connectivity index is 2.76. The van der Waals surface area contributed by atoms with E-state index >= 15 is 0 Å². The number of carbonyl (C=O) groups excluding carboxylic acids is 1. The minimum absolute atomic E-state index is 0.140. The summed E-state index contributed by atoms with van der Waals surface area (Å²) in [5, 5.41) is 3.99. The minimum atomic E-state index is 0.140. The number of thioether (sulfide) groups is 1. The molecular formula is C8H11BrN2OS. The normalized spacial score (nSPS) is 10.4. The largest absolute Gasteiger partial charge is 0.292 e. The molecule has 72 valence electrons. The molecule has 0 radical (unpaired) electrons. The Bertz CT molecular complexity index is 292. The van der Waals surface area contributed by atoms with Gasteiger partial charge in [-0.25, -0.2) is 0 Å². The highest BCUT2D eigenvalue weighted by Gasteiger charge is 2.13. The van der Waals surface area contributed by atoms with Crippen LogP contribution in [0.25, 0.3) is 0 Å². The first-order chi connectivity index (χ1) is 6.16. The minimum Gasteiger partial charge on any atom is -0.292 e. The van der Waals surface area contributed by atoms with Gasteiger partial charge in [-0.15, -0.1) is 0 Å². The number of halogens is 1. The second kappa shape index (κ2) is 4.81. The van der Waals surface area contributed by atoms with E-state index in [4.69, 9.17) is 0 Å². The fourth-order valence-electron chi connectivity index (χ4n) is 1.04. The Hall–Kier alpha value is -0.290. The highest BCUT2D eigenvalue weighted by Crippen LogP contribution is 2.17. The molecule has 0 aromatic carbocycles. The maximum atomic E-state index is 11.6. The van der Waals surface area contributed by atoms with Gasteiger partial charge in [-0.1, -0.05) is 0 Å². The van der Waals surface area contributed by atoms with Crippen molar-refractivity contribution in [3.8, 4) is 0 Å². The van der Waals surface area contributed by atoms with Gasteiger partial charge in [0.25, 0.3) is 0 Å². The molecule has 0 N–H and O–H groups in total. The number of rotatable bonds is 4. The second-order valence-corrected chi connectivity index (χ2v) is 4.47. The topological polar surface area (TPSA) is 34.9 Å². The quantitative estimate of drug-likeness (QED) is 0.780. The average Bonchev–Trinajstić information content (AvgIpc) is 2.42. The standard InChI is InChI=1S/C8H11BrN2OS/c1-11-8(6(9)5-10-11)7(12)3-4-13-2/h5H,3-4H2,1-2H3. The molecule has 13 heavy (non-hydrogen) atoms. The molecule has 0 aliphatic rings. The van der Waals surface area contributed by atoms with E-state index in [1.807, 2.05) is 6.26 Å². The van der Waals surface area contributed by atoms with Crippen molar-refractivity contribution in [1.29, 1.82) is 0 Å². The Morgan fingerprint density at radius 1 is 1.77 bits per heavy atom. The van der Waals surface area contributed by atoms with Crippen LogP contribution in [0.1, 0.15) is 16.9 Å². The van der Waals surface area contributed by atoms with E-state index in [1.54, 1.807) is 29.7 Å². The Morgan fingerprint density at radius 2 is 2.46 bits per heavy atom. The Labute approximate surface area is 90.0 Å². The molecule has 5 heteroatoms. The zero-order valence-corrected chi connectivity index (χ0v) is 9.98. The van der Waals surface area contributed by atoms with E-state index in [-0.39, 0.29) is 5.78 Å². The lowest BCUT2D eigenvalue weighted by atomic mass is 10.2. The van der Waals surface area contributed by atoms with Gasteiger partial charge in [-0.3, -0.25) is 9.48 Å². The van der Waals surface area contributed by atoms with Crippen LogP contribution in [0, 0.1) is 0 Å². The van der Waals surface area contributed by atoms with Crippen molar-refractivity contribution >= 4 is 33.5 Å². The van der Waals surface area contributed by atoms with Crippen molar-refractivity contribution in [3.05, 3.63) is 16.4 Å². The monoisotopic (exact) mass is 262 g/mol. The van der Waals surface area contributed by atoms with Crippen LogP contribution < -0.4 is 0 Å². The third kappa shape index (κ3) is 2.57. The molecule has 0 aliphatic heterocycles. The average molecular weight is 263 g/mol. The lowest BCUT2D eigenvalue weighted by Crippen LogP contribution is -2.08. The first kappa shape index (κ1) is 10.8. The van der Waals surface area contributed by atoms with Crippen LogP contribution in [0.2, 0.25) is 0 Å². The van der Waals surface area contributed by atoms with Crippen molar-refractivity contribution in [1.82, 2.24) is 9.78 Å². The summed E-state index contributed by atoms with van der Waals surface area (Å²) in [6.07, 6.45) is 4.21. The molecule has 0 bridgehead atoms. The molecule has 1 heterocycles. The van der Waals surface area contributed by atoms with Gasteiger partial charge in [0.15, 0.2) is 5.78 Å². The van der Waals surface area contributed by atoms with Crippen LogP contribution in [0.15, 0.2) is 10.7 Å². The highest BCUT2D eigenvalue weighted by atomic mass is 79.9. The van der Waals surface area contributed by atoms with Crippen molar-refractivity contribution in [2.75, 3.05) is 12.0 Å². The highest BCUT2D eigenvalue weighted by molar-refractivity contribution is 9.10. The van der Waals surface area contributed by atoms with E-state index in [2.05, 4.69) is 21.0 Å². The first-order valence-corrected chi connectivity index (χ1v) is 6.05. The summed E-state index contributed by atoms with van der Waals surface area (Å²) in [5.41, 5.74) is 0.661. The van der Waals surface area contributed by atoms with E-state index < -0.39 is 0 Å². The summed E-state index contributed by atoms with van der Waals surface area (Å²) < 4.78 is 2.38. The summed E-state index contributed by atoms with van der Waals surface area (Å²) in [5.74, 6) is 0.998. The molecule has 3 nitrogen and oxygen atoms in total. The molecule has 0 spiro atoms. The van der Waals surface area contributed by atoms with Crippen molar-refractivity contribution in [3.63, 3.8) is 0 Å². The summed E-state index contributed by atoms with van der Waals surface area (Å²) in [6, 6.07) is 0. The molecule has 0 amide bonds. The zero-order valence-electron chi connectivity index (χ0n) is 7.58. The molecule has 0 saturated carbocycles. The SMILES string of the molecule is CSCCC(=O)c1c(Br)cnn1C. The van der Waals surface area contributed by atoms with Gasteiger partial charge in [0, 0.05) is 19.2 Å². The van der Waals surface area contributed by atoms with Crippen LogP contribution in [-0.4, -0.2) is 27.6 Å². The molecule has 1 aromatic rings. The number of Topliss-reactive ketones (excluding diaryl/α,β-unsaturated/α-hetero) is 1. The lowest BCUT2D eigenvalue weighted by Gasteiger charge is -2.00. The van der Waals surface area contributed by atoms with Crippen LogP contribution >= 0.6 is 27.7 Å². The molecule has 0 fully saturated rings. The second-order valence-electron chi connectivity index (χ2n) is 2.63. The maximum absolute atomic E-state index is 11.6. The summed E-state index contributed by atoms with van der Waals surface area (Å²) >= 11 is 4.97. The number of carbonyl (C=O) groups is 1. The summed E-state index contributed by atoms with van der Waals surface area (Å²) in [7, 11) is 1.77. The van der Waals surface area contributed by atoms with Gasteiger partial charge in [0.1, 0.15) is 5.69 Å². The summed E-state index contributed by atoms with van der Waals surface area (Å²) in [4.78, 5) is 11.6. The molecule has 0 aliphatic carbocycles. The Kier molecular flexibility index (Phi) is 3.99. The van der Waals surface area contributed by atoms with Gasteiger partial charge in [-0.05, 0) is 22.2 Å². The molecule has 0 unspecified atom stereocenters. The number of aryl methyl sites for hydroxylation is 1. The van der Waals surface area contributed by atoms with Crippen LogP contribution in [-0.2, 0) is 7.05 Å². The van der Waals surface area contributed by atoms with E-state index in [1.165, 1.54) is 0 Å². The number of ketones is 1. The van der Waals surface area contributed by atoms with Crippen LogP contribution in [0.3, 0.4) is 0 Å². The number of aromatic nitrogens is 2. The lowest BCUT2D eigenvalue weighted by molar-refractivity contribution is 0.0980. The van der Waals surface area contributed by atoms with E-state index in [9.17, 15) is 4.79 Å². The molecule has 0 atom stereocenters. The van der Waals surface area contributed by atoms with Crippen molar-refractivity contribution in [2.24, 2.45) is 7.05 Å². The van der Waals surface area contributed by atoms with Gasteiger partial charge in [0.2, 0.25) is 0 Å².